The number of nitrogens with zero attached hydrogens (tertiary/aromatic N) is 2. The normalized spacial score (nSPS) is 15.0. The Morgan fingerprint density at radius 2 is 1.74 bits per heavy atom. The van der Waals surface area contributed by atoms with E-state index in [1.54, 1.807) is 42.5 Å². The van der Waals surface area contributed by atoms with Gasteiger partial charge < -0.3 is 4.18 Å². The molecule has 0 spiro atoms. The van der Waals surface area contributed by atoms with E-state index in [2.05, 4.69) is 0 Å². The van der Waals surface area contributed by atoms with Crippen molar-refractivity contribution >= 4 is 73.4 Å². The van der Waals surface area contributed by atoms with Gasteiger partial charge in [-0.05, 0) is 61.0 Å². The third kappa shape index (κ3) is 5.38. The second-order valence-electron chi connectivity index (χ2n) is 7.31. The zero-order chi connectivity index (χ0) is 25.3. The lowest BCUT2D eigenvalue weighted by Crippen LogP contribution is -2.27. The summed E-state index contributed by atoms with van der Waals surface area (Å²) in [6.07, 6.45) is 1.64. The predicted octanol–water partition coefficient (Wildman–Crippen LogP) is 5.73. The first kappa shape index (κ1) is 24.9. The van der Waals surface area contributed by atoms with Crippen LogP contribution in [0.4, 0.5) is 11.4 Å². The van der Waals surface area contributed by atoms with Crippen LogP contribution in [0.15, 0.2) is 76.5 Å². The highest BCUT2D eigenvalue weighted by atomic mass is 35.5. The van der Waals surface area contributed by atoms with E-state index >= 15 is 0 Å². The molecule has 4 rings (SSSR count). The molecule has 35 heavy (non-hydrogen) atoms. The average Bonchev–Trinajstić information content (AvgIpc) is 3.08. The molecule has 0 saturated carbocycles. The molecular weight excluding hydrogens is 532 g/mol. The molecule has 0 N–H and O–H groups in total. The van der Waals surface area contributed by atoms with Crippen LogP contribution in [-0.2, 0) is 14.9 Å². The Kier molecular flexibility index (Phi) is 6.95. The Morgan fingerprint density at radius 1 is 1.09 bits per heavy atom. The number of amides is 1. The topological polar surface area (TPSA) is 107 Å². The minimum Gasteiger partial charge on any atom is -0.379 e. The van der Waals surface area contributed by atoms with Crippen molar-refractivity contribution in [2.45, 2.75) is 11.8 Å². The van der Waals surface area contributed by atoms with Gasteiger partial charge in [-0.15, -0.1) is 0 Å². The molecule has 0 unspecified atom stereocenters. The number of carbonyl (C=O) groups is 1. The maximum Gasteiger partial charge on any atom is 0.339 e. The molecule has 0 radical (unpaired) electrons. The third-order valence-corrected chi connectivity index (χ3v) is 7.73. The number of carbonyl (C=O) groups excluding carboxylic acids is 1. The quantitative estimate of drug-likeness (QED) is 0.127. The van der Waals surface area contributed by atoms with Gasteiger partial charge in [0.05, 0.1) is 15.5 Å². The van der Waals surface area contributed by atoms with Crippen molar-refractivity contribution < 1.29 is 22.3 Å². The Bertz CT molecular complexity index is 1490. The minimum atomic E-state index is -4.29. The van der Waals surface area contributed by atoms with Crippen LogP contribution in [0.2, 0.25) is 5.02 Å². The van der Waals surface area contributed by atoms with Crippen LogP contribution < -0.4 is 9.08 Å². The number of halogens is 1. The van der Waals surface area contributed by atoms with E-state index in [0.717, 1.165) is 17.8 Å². The average molecular weight is 547 g/mol. The van der Waals surface area contributed by atoms with Gasteiger partial charge in [0, 0.05) is 16.7 Å². The van der Waals surface area contributed by atoms with E-state index in [-0.39, 0.29) is 22.2 Å². The molecule has 12 heteroatoms. The first-order valence-corrected chi connectivity index (χ1v) is 12.9. The summed E-state index contributed by atoms with van der Waals surface area (Å²) in [5.41, 5.74) is 1.24. The summed E-state index contributed by atoms with van der Waals surface area (Å²) in [6, 6.07) is 16.3. The first-order valence-electron chi connectivity index (χ1n) is 9.88. The summed E-state index contributed by atoms with van der Waals surface area (Å²) in [5, 5.41) is 11.7. The molecule has 1 fully saturated rings. The summed E-state index contributed by atoms with van der Waals surface area (Å²) >= 11 is 12.4. The first-order chi connectivity index (χ1) is 16.5. The Hall–Kier alpha value is -3.25. The second-order valence-corrected chi connectivity index (χ2v) is 11.0. The lowest BCUT2D eigenvalue weighted by atomic mass is 10.2. The molecule has 1 saturated heterocycles. The summed E-state index contributed by atoms with van der Waals surface area (Å²) in [5.74, 6) is -0.273. The van der Waals surface area contributed by atoms with Gasteiger partial charge >= 0.3 is 10.1 Å². The van der Waals surface area contributed by atoms with Gasteiger partial charge in [0.2, 0.25) is 0 Å². The number of benzene rings is 3. The van der Waals surface area contributed by atoms with Crippen molar-refractivity contribution in [3.8, 4) is 5.75 Å². The van der Waals surface area contributed by atoms with Crippen LogP contribution >= 0.6 is 35.6 Å². The fraction of sp³-hybridized carbons (Fsp3) is 0.0435. The number of anilines is 1. The monoisotopic (exact) mass is 546 g/mol. The molecule has 1 aliphatic rings. The van der Waals surface area contributed by atoms with Gasteiger partial charge in [0.15, 0.2) is 4.32 Å². The molecular formula is C23H15ClN2O6S3. The molecule has 3 aromatic rings. The number of thiocarbonyl (C=S) groups is 1. The molecule has 1 heterocycles. The zero-order valence-corrected chi connectivity index (χ0v) is 21.1. The van der Waals surface area contributed by atoms with E-state index in [0.29, 0.717) is 31.1 Å². The lowest BCUT2D eigenvalue weighted by Gasteiger charge is -2.14. The van der Waals surface area contributed by atoms with Gasteiger partial charge in [-0.3, -0.25) is 19.8 Å². The van der Waals surface area contributed by atoms with Crippen molar-refractivity contribution in [1.82, 2.24) is 0 Å². The number of rotatable bonds is 6. The van der Waals surface area contributed by atoms with Crippen LogP contribution in [0, 0.1) is 17.0 Å². The molecule has 1 amide bonds. The van der Waals surface area contributed by atoms with Gasteiger partial charge in [0.1, 0.15) is 10.6 Å². The number of hydrogen-bond acceptors (Lipinski definition) is 8. The van der Waals surface area contributed by atoms with Gasteiger partial charge in [-0.25, -0.2) is 0 Å². The molecule has 0 atom stereocenters. The van der Waals surface area contributed by atoms with Crippen LogP contribution in [0.3, 0.4) is 0 Å². The Labute approximate surface area is 215 Å². The molecule has 1 aliphatic heterocycles. The summed E-state index contributed by atoms with van der Waals surface area (Å²) < 4.78 is 30.7. The van der Waals surface area contributed by atoms with Crippen molar-refractivity contribution in [2.75, 3.05) is 4.90 Å². The number of hydrogen-bond donors (Lipinski definition) is 0. The number of nitro benzene ring substituents is 1. The molecule has 8 nitrogen and oxygen atoms in total. The van der Waals surface area contributed by atoms with Crippen LogP contribution in [0.25, 0.3) is 6.08 Å². The zero-order valence-electron chi connectivity index (χ0n) is 17.9. The number of aryl methyl sites for hydroxylation is 1. The van der Waals surface area contributed by atoms with Gasteiger partial charge in [0.25, 0.3) is 11.6 Å². The molecule has 0 bridgehead atoms. The highest BCUT2D eigenvalue weighted by Crippen LogP contribution is 2.36. The second kappa shape index (κ2) is 9.78. The smallest absolute Gasteiger partial charge is 0.339 e. The maximum atomic E-state index is 12.9. The Morgan fingerprint density at radius 3 is 2.37 bits per heavy atom. The van der Waals surface area contributed by atoms with Crippen LogP contribution in [0.1, 0.15) is 11.1 Å². The van der Waals surface area contributed by atoms with E-state index in [9.17, 15) is 23.3 Å². The SMILES string of the molecule is Cc1ccc(S(=O)(=O)Oc2ccc(/C=C3/SC(=S)N(c4ccc(Cl)cc4)C3=O)cc2)cc1[N+](=O)[O-]. The summed E-state index contributed by atoms with van der Waals surface area (Å²) in [7, 11) is -4.29. The maximum absolute atomic E-state index is 12.9. The van der Waals surface area contributed by atoms with Crippen molar-refractivity contribution in [3.63, 3.8) is 0 Å². The summed E-state index contributed by atoms with van der Waals surface area (Å²) in [6.45, 7) is 1.51. The molecule has 0 aliphatic carbocycles. The minimum absolute atomic E-state index is 0.0130. The van der Waals surface area contributed by atoms with Crippen LogP contribution in [-0.4, -0.2) is 23.6 Å². The number of thioether (sulfide) groups is 1. The molecule has 178 valence electrons. The Balaban J connectivity index is 1.52. The lowest BCUT2D eigenvalue weighted by molar-refractivity contribution is -0.385. The van der Waals surface area contributed by atoms with Crippen molar-refractivity contribution in [1.29, 1.82) is 0 Å². The van der Waals surface area contributed by atoms with Crippen LogP contribution in [0.5, 0.6) is 5.75 Å². The van der Waals surface area contributed by atoms with Crippen molar-refractivity contribution in [2.24, 2.45) is 0 Å². The standard InChI is InChI=1S/C23H15ClN2O6S3/c1-14-2-11-19(13-20(14)26(28)29)35(30,31)32-18-9-3-15(4-10-18)12-21-22(27)25(23(33)34-21)17-7-5-16(24)6-8-17/h2-13H,1H3/b21-12+. The third-order valence-electron chi connectivity index (χ3n) is 4.93. The predicted molar refractivity (Wildman–Crippen MR) is 139 cm³/mol. The van der Waals surface area contributed by atoms with Crippen molar-refractivity contribution in [3.05, 3.63) is 97.9 Å². The molecule has 3 aromatic carbocycles. The number of nitro groups is 1. The van der Waals surface area contributed by atoms with E-state index in [1.165, 1.54) is 36.1 Å². The van der Waals surface area contributed by atoms with E-state index in [4.69, 9.17) is 28.0 Å². The van der Waals surface area contributed by atoms with Gasteiger partial charge in [-0.2, -0.15) is 8.42 Å². The molecule has 0 aromatic heterocycles. The highest BCUT2D eigenvalue weighted by molar-refractivity contribution is 8.27. The highest BCUT2D eigenvalue weighted by Gasteiger charge is 2.33. The summed E-state index contributed by atoms with van der Waals surface area (Å²) in [4.78, 5) is 24.8. The fourth-order valence-corrected chi connectivity index (χ4v) is 5.54. The van der Waals surface area contributed by atoms with E-state index in [1.807, 2.05) is 0 Å². The largest absolute Gasteiger partial charge is 0.379 e. The van der Waals surface area contributed by atoms with Gasteiger partial charge in [-0.1, -0.05) is 53.8 Å². The fourth-order valence-electron chi connectivity index (χ4n) is 3.17. The van der Waals surface area contributed by atoms with E-state index < -0.39 is 15.0 Å².